The minimum absolute atomic E-state index is 0.140. The molecule has 3 atom stereocenters. The molecule has 0 spiro atoms. The van der Waals surface area contributed by atoms with E-state index in [1.807, 2.05) is 0 Å². The van der Waals surface area contributed by atoms with Gasteiger partial charge < -0.3 is 25.4 Å². The first-order valence-corrected chi connectivity index (χ1v) is 8.69. The Kier molecular flexibility index (Phi) is 7.85. The predicted molar refractivity (Wildman–Crippen MR) is 93.1 cm³/mol. The summed E-state index contributed by atoms with van der Waals surface area (Å²) < 4.78 is 9.81. The van der Waals surface area contributed by atoms with Gasteiger partial charge in [-0.3, -0.25) is 9.59 Å². The van der Waals surface area contributed by atoms with Crippen molar-refractivity contribution in [1.82, 2.24) is 16.0 Å². The van der Waals surface area contributed by atoms with Crippen molar-refractivity contribution >= 4 is 23.9 Å². The molecule has 0 radical (unpaired) electrons. The van der Waals surface area contributed by atoms with Gasteiger partial charge in [0.2, 0.25) is 11.8 Å². The van der Waals surface area contributed by atoms with Gasteiger partial charge in [0, 0.05) is 12.5 Å². The Morgan fingerprint density at radius 2 is 1.92 bits per heavy atom. The minimum Gasteiger partial charge on any atom is -0.467 e. The second-order valence-electron chi connectivity index (χ2n) is 7.32. The van der Waals surface area contributed by atoms with Gasteiger partial charge >= 0.3 is 12.1 Å². The van der Waals surface area contributed by atoms with E-state index in [1.54, 1.807) is 20.8 Å². The van der Waals surface area contributed by atoms with E-state index in [0.29, 0.717) is 13.0 Å². The quantitative estimate of drug-likeness (QED) is 0.584. The van der Waals surface area contributed by atoms with Crippen molar-refractivity contribution in [1.29, 1.82) is 0 Å². The molecule has 1 heterocycles. The summed E-state index contributed by atoms with van der Waals surface area (Å²) in [6.07, 6.45) is 0.862. The van der Waals surface area contributed by atoms with Crippen molar-refractivity contribution in [3.05, 3.63) is 0 Å². The number of carbonyl (C=O) groups excluding carboxylic acids is 4. The van der Waals surface area contributed by atoms with E-state index < -0.39 is 35.7 Å². The van der Waals surface area contributed by atoms with Crippen LogP contribution in [-0.4, -0.2) is 55.2 Å². The number of carbonyl (C=O) groups is 4. The Labute approximate surface area is 153 Å². The van der Waals surface area contributed by atoms with Gasteiger partial charge in [0.15, 0.2) is 0 Å². The molecule has 0 aliphatic carbocycles. The average molecular weight is 371 g/mol. The Hall–Kier alpha value is -2.32. The monoisotopic (exact) mass is 371 g/mol. The summed E-state index contributed by atoms with van der Waals surface area (Å²) in [6, 6.07) is -1.89. The highest BCUT2D eigenvalue weighted by Gasteiger charge is 2.32. The summed E-state index contributed by atoms with van der Waals surface area (Å²) in [4.78, 5) is 47.9. The molecule has 0 aromatic heterocycles. The Morgan fingerprint density at radius 1 is 1.27 bits per heavy atom. The lowest BCUT2D eigenvalue weighted by Gasteiger charge is -2.26. The largest absolute Gasteiger partial charge is 0.467 e. The lowest BCUT2D eigenvalue weighted by Crippen LogP contribution is -2.52. The van der Waals surface area contributed by atoms with Crippen molar-refractivity contribution in [2.45, 2.75) is 64.6 Å². The van der Waals surface area contributed by atoms with E-state index in [1.165, 1.54) is 14.0 Å². The van der Waals surface area contributed by atoms with Crippen molar-refractivity contribution < 1.29 is 28.7 Å². The maximum atomic E-state index is 12.3. The molecule has 3 amide bonds. The molecule has 1 aliphatic heterocycles. The topological polar surface area (TPSA) is 123 Å². The molecular formula is C17H29N3O6. The van der Waals surface area contributed by atoms with Gasteiger partial charge in [-0.1, -0.05) is 0 Å². The first-order valence-electron chi connectivity index (χ1n) is 8.69. The number of methoxy groups -OCH3 is 1. The molecule has 1 rings (SSSR count). The number of hydrogen-bond acceptors (Lipinski definition) is 6. The number of amides is 3. The van der Waals surface area contributed by atoms with Crippen LogP contribution in [-0.2, 0) is 23.9 Å². The highest BCUT2D eigenvalue weighted by Crippen LogP contribution is 2.18. The molecule has 0 aromatic rings. The van der Waals surface area contributed by atoms with Gasteiger partial charge in [-0.25, -0.2) is 9.59 Å². The number of alkyl carbamates (subject to hydrolysis) is 1. The molecule has 0 aromatic carbocycles. The lowest BCUT2D eigenvalue weighted by molar-refractivity contribution is -0.146. The van der Waals surface area contributed by atoms with Crippen LogP contribution in [0.15, 0.2) is 0 Å². The van der Waals surface area contributed by atoms with Gasteiger partial charge in [-0.15, -0.1) is 0 Å². The molecule has 1 aliphatic rings. The van der Waals surface area contributed by atoms with E-state index in [-0.39, 0.29) is 18.2 Å². The van der Waals surface area contributed by atoms with Gasteiger partial charge in [0.25, 0.3) is 0 Å². The first kappa shape index (κ1) is 21.7. The third-order valence-corrected chi connectivity index (χ3v) is 3.85. The number of rotatable bonds is 6. The Bertz CT molecular complexity index is 543. The summed E-state index contributed by atoms with van der Waals surface area (Å²) in [5.74, 6) is -1.72. The molecule has 9 heteroatoms. The zero-order valence-electron chi connectivity index (χ0n) is 16.0. The van der Waals surface area contributed by atoms with Gasteiger partial charge in [0.1, 0.15) is 17.7 Å². The van der Waals surface area contributed by atoms with E-state index in [2.05, 4.69) is 16.0 Å². The van der Waals surface area contributed by atoms with Crippen molar-refractivity contribution in [2.24, 2.45) is 5.92 Å². The van der Waals surface area contributed by atoms with Crippen LogP contribution in [0.25, 0.3) is 0 Å². The molecule has 148 valence electrons. The number of nitrogens with one attached hydrogen (secondary N) is 3. The molecule has 1 fully saturated rings. The zero-order valence-corrected chi connectivity index (χ0v) is 16.0. The molecule has 0 unspecified atom stereocenters. The fourth-order valence-corrected chi connectivity index (χ4v) is 2.55. The van der Waals surface area contributed by atoms with Crippen LogP contribution in [0.1, 0.15) is 47.0 Å². The maximum Gasteiger partial charge on any atom is 0.408 e. The smallest absolute Gasteiger partial charge is 0.408 e. The first-order chi connectivity index (χ1) is 12.0. The Morgan fingerprint density at radius 3 is 2.46 bits per heavy atom. The van der Waals surface area contributed by atoms with Crippen LogP contribution < -0.4 is 16.0 Å². The fourth-order valence-electron chi connectivity index (χ4n) is 2.55. The minimum atomic E-state index is -0.968. The van der Waals surface area contributed by atoms with Crippen LogP contribution in [0.5, 0.6) is 0 Å². The van der Waals surface area contributed by atoms with Crippen LogP contribution in [0.4, 0.5) is 4.79 Å². The maximum absolute atomic E-state index is 12.3. The third-order valence-electron chi connectivity index (χ3n) is 3.85. The van der Waals surface area contributed by atoms with Crippen molar-refractivity contribution in [2.75, 3.05) is 13.7 Å². The van der Waals surface area contributed by atoms with Crippen LogP contribution in [0.2, 0.25) is 0 Å². The van der Waals surface area contributed by atoms with E-state index in [4.69, 9.17) is 9.47 Å². The highest BCUT2D eigenvalue weighted by atomic mass is 16.6. The van der Waals surface area contributed by atoms with E-state index in [9.17, 15) is 19.2 Å². The van der Waals surface area contributed by atoms with Gasteiger partial charge in [0.05, 0.1) is 7.11 Å². The number of ether oxygens (including phenoxy) is 2. The van der Waals surface area contributed by atoms with Gasteiger partial charge in [-0.2, -0.15) is 0 Å². The van der Waals surface area contributed by atoms with E-state index in [0.717, 1.165) is 6.42 Å². The molecule has 1 saturated heterocycles. The summed E-state index contributed by atoms with van der Waals surface area (Å²) >= 11 is 0. The Balaban J connectivity index is 2.65. The average Bonchev–Trinajstić information content (AvgIpc) is 2.53. The normalized spacial score (nSPS) is 19.6. The summed E-state index contributed by atoms with van der Waals surface area (Å²) in [5.41, 5.74) is -0.691. The predicted octanol–water partition coefficient (Wildman–Crippen LogP) is 0.474. The van der Waals surface area contributed by atoms with Crippen LogP contribution in [0, 0.1) is 5.92 Å². The molecule has 9 nitrogen and oxygen atoms in total. The zero-order chi connectivity index (χ0) is 19.9. The second kappa shape index (κ2) is 9.40. The standard InChI is InChI=1S/C17H29N3O6/c1-10(19-16(24)26-17(2,3)4)13(21)20-12(15(23)25-5)9-11-7-6-8-18-14(11)22/h10-12H,6-9H2,1-5H3,(H,18,22)(H,19,24)(H,20,21)/t10-,11-,12-/m0/s1. The molecular weight excluding hydrogens is 342 g/mol. The number of esters is 1. The third kappa shape index (κ3) is 7.28. The van der Waals surface area contributed by atoms with E-state index >= 15 is 0 Å². The summed E-state index contributed by atoms with van der Waals surface area (Å²) in [5, 5.41) is 7.69. The van der Waals surface area contributed by atoms with Crippen molar-refractivity contribution in [3.63, 3.8) is 0 Å². The highest BCUT2D eigenvalue weighted by molar-refractivity contribution is 5.90. The molecule has 0 bridgehead atoms. The molecule has 0 saturated carbocycles. The molecule has 26 heavy (non-hydrogen) atoms. The summed E-state index contributed by atoms with van der Waals surface area (Å²) in [6.45, 7) is 7.21. The van der Waals surface area contributed by atoms with Crippen LogP contribution in [0.3, 0.4) is 0 Å². The van der Waals surface area contributed by atoms with Crippen LogP contribution >= 0.6 is 0 Å². The number of hydrogen-bond donors (Lipinski definition) is 3. The molecule has 3 N–H and O–H groups in total. The van der Waals surface area contributed by atoms with Crippen molar-refractivity contribution in [3.8, 4) is 0 Å². The fraction of sp³-hybridized carbons (Fsp3) is 0.765. The summed E-state index contributed by atoms with van der Waals surface area (Å²) in [7, 11) is 1.21. The lowest BCUT2D eigenvalue weighted by atomic mass is 9.91. The van der Waals surface area contributed by atoms with Gasteiger partial charge in [-0.05, 0) is 47.0 Å². The second-order valence-corrected chi connectivity index (χ2v) is 7.32. The number of piperidine rings is 1. The SMILES string of the molecule is COC(=O)[C@H](C[C@@H]1CCCNC1=O)NC(=O)[C@H](C)NC(=O)OC(C)(C)C.